The van der Waals surface area contributed by atoms with Gasteiger partial charge >= 0.3 is 0 Å². The van der Waals surface area contributed by atoms with Crippen LogP contribution in [0.5, 0.6) is 0 Å². The van der Waals surface area contributed by atoms with Crippen LogP contribution in [0.15, 0.2) is 30.3 Å². The molecule has 1 atom stereocenters. The summed E-state index contributed by atoms with van der Waals surface area (Å²) < 4.78 is 0. The van der Waals surface area contributed by atoms with E-state index in [4.69, 9.17) is 0 Å². The molecule has 1 rings (SSSR count). The van der Waals surface area contributed by atoms with Crippen LogP contribution in [-0.2, 0) is 4.79 Å². The molecule has 0 saturated carbocycles. The molecule has 0 aliphatic heterocycles. The lowest BCUT2D eigenvalue weighted by atomic mass is 10.1. The van der Waals surface area contributed by atoms with Gasteiger partial charge in [0.1, 0.15) is 6.29 Å². The zero-order valence-electron chi connectivity index (χ0n) is 6.45. The Hall–Kier alpha value is -1.15. The highest BCUT2D eigenvalue weighted by atomic mass is 16.1. The first kappa shape index (κ1) is 7.95. The van der Waals surface area contributed by atoms with Crippen molar-refractivity contribution in [1.82, 2.24) is 5.32 Å². The Morgan fingerprint density at radius 2 is 2.00 bits per heavy atom. The number of likely N-dealkylation sites (N-methyl/N-ethyl adjacent to an activating group) is 1. The molecule has 2 heteroatoms. The average molecular weight is 149 g/mol. The molecule has 11 heavy (non-hydrogen) atoms. The molecular weight excluding hydrogens is 138 g/mol. The van der Waals surface area contributed by atoms with Crippen molar-refractivity contribution < 1.29 is 4.79 Å². The highest BCUT2D eigenvalue weighted by Gasteiger charge is 2.04. The largest absolute Gasteiger partial charge is 0.307 e. The molecule has 0 fully saturated rings. The molecule has 0 aliphatic rings. The van der Waals surface area contributed by atoms with Crippen LogP contribution in [0.4, 0.5) is 0 Å². The lowest BCUT2D eigenvalue weighted by Gasteiger charge is -2.07. The number of carbonyl (C=O) groups is 1. The van der Waals surface area contributed by atoms with Crippen molar-refractivity contribution in [3.8, 4) is 0 Å². The summed E-state index contributed by atoms with van der Waals surface area (Å²) >= 11 is 0. The van der Waals surface area contributed by atoms with Gasteiger partial charge < -0.3 is 10.1 Å². The summed E-state index contributed by atoms with van der Waals surface area (Å²) in [6.07, 6.45) is 0.898. The van der Waals surface area contributed by atoms with E-state index in [2.05, 4.69) is 5.32 Å². The number of nitrogens with one attached hydrogen (secondary N) is 1. The Morgan fingerprint density at radius 1 is 1.36 bits per heavy atom. The van der Waals surface area contributed by atoms with Crippen molar-refractivity contribution in [3.05, 3.63) is 35.9 Å². The van der Waals surface area contributed by atoms with Crippen LogP contribution in [0.2, 0.25) is 0 Å². The van der Waals surface area contributed by atoms with Crippen LogP contribution in [0.1, 0.15) is 11.6 Å². The van der Waals surface area contributed by atoms with E-state index < -0.39 is 0 Å². The summed E-state index contributed by atoms with van der Waals surface area (Å²) in [6.45, 7) is 0. The average Bonchev–Trinajstić information content (AvgIpc) is 2.09. The first-order valence-electron chi connectivity index (χ1n) is 3.56. The second kappa shape index (κ2) is 3.88. The van der Waals surface area contributed by atoms with Gasteiger partial charge in [-0.05, 0) is 12.6 Å². The highest BCUT2D eigenvalue weighted by Crippen LogP contribution is 2.07. The van der Waals surface area contributed by atoms with Crippen molar-refractivity contribution >= 4 is 6.29 Å². The monoisotopic (exact) mass is 149 g/mol. The zero-order chi connectivity index (χ0) is 8.10. The van der Waals surface area contributed by atoms with Gasteiger partial charge in [0.25, 0.3) is 0 Å². The molecule has 0 saturated heterocycles. The first-order chi connectivity index (χ1) is 5.38. The third kappa shape index (κ3) is 1.88. The van der Waals surface area contributed by atoms with Gasteiger partial charge in [-0.2, -0.15) is 0 Å². The lowest BCUT2D eigenvalue weighted by molar-refractivity contribution is -0.109. The van der Waals surface area contributed by atoms with Crippen molar-refractivity contribution in [1.29, 1.82) is 0 Å². The van der Waals surface area contributed by atoms with Crippen LogP contribution in [0, 0.1) is 0 Å². The smallest absolute Gasteiger partial charge is 0.141 e. The predicted octanol–water partition coefficient (Wildman–Crippen LogP) is 1.15. The fraction of sp³-hybridized carbons (Fsp3) is 0.222. The van der Waals surface area contributed by atoms with Crippen LogP contribution < -0.4 is 5.32 Å². The van der Waals surface area contributed by atoms with E-state index in [9.17, 15) is 4.79 Å². The van der Waals surface area contributed by atoms with Gasteiger partial charge in [0.15, 0.2) is 0 Å². The van der Waals surface area contributed by atoms with Gasteiger partial charge in [-0.15, -0.1) is 0 Å². The molecule has 0 bridgehead atoms. The van der Waals surface area contributed by atoms with Crippen LogP contribution >= 0.6 is 0 Å². The predicted molar refractivity (Wildman–Crippen MR) is 44.3 cm³/mol. The minimum absolute atomic E-state index is 0.170. The minimum Gasteiger partial charge on any atom is -0.307 e. The van der Waals surface area contributed by atoms with Gasteiger partial charge in [0.05, 0.1) is 6.04 Å². The molecule has 0 radical (unpaired) electrons. The SMILES string of the molecule is CN[C@H](C=O)c1ccccc1. The standard InChI is InChI=1S/C9H11NO/c1-10-9(7-11)8-5-3-2-4-6-8/h2-7,9-10H,1H3/t9-/m1/s1. The number of aldehydes is 1. The quantitative estimate of drug-likeness (QED) is 0.653. The van der Waals surface area contributed by atoms with Crippen molar-refractivity contribution in [3.63, 3.8) is 0 Å². The second-order valence-electron chi connectivity index (χ2n) is 2.31. The molecule has 1 N–H and O–H groups in total. The van der Waals surface area contributed by atoms with Gasteiger partial charge in [0.2, 0.25) is 0 Å². The van der Waals surface area contributed by atoms with E-state index >= 15 is 0 Å². The molecule has 0 aromatic heterocycles. The number of benzene rings is 1. The maximum absolute atomic E-state index is 10.5. The molecule has 1 aromatic carbocycles. The zero-order valence-corrected chi connectivity index (χ0v) is 6.45. The van der Waals surface area contributed by atoms with Crippen LogP contribution in [-0.4, -0.2) is 13.3 Å². The second-order valence-corrected chi connectivity index (χ2v) is 2.31. The van der Waals surface area contributed by atoms with Gasteiger partial charge in [-0.25, -0.2) is 0 Å². The Balaban J connectivity index is 2.82. The fourth-order valence-electron chi connectivity index (χ4n) is 0.974. The number of rotatable bonds is 3. The summed E-state index contributed by atoms with van der Waals surface area (Å²) in [7, 11) is 1.77. The first-order valence-corrected chi connectivity index (χ1v) is 3.56. The summed E-state index contributed by atoms with van der Waals surface area (Å²) in [5.74, 6) is 0. The molecule has 0 amide bonds. The summed E-state index contributed by atoms with van der Waals surface area (Å²) in [5.41, 5.74) is 1.00. The minimum atomic E-state index is -0.170. The van der Waals surface area contributed by atoms with Crippen molar-refractivity contribution in [2.45, 2.75) is 6.04 Å². The third-order valence-electron chi connectivity index (χ3n) is 1.61. The van der Waals surface area contributed by atoms with Crippen molar-refractivity contribution in [2.24, 2.45) is 0 Å². The summed E-state index contributed by atoms with van der Waals surface area (Å²) in [5, 5.41) is 2.90. The van der Waals surface area contributed by atoms with Gasteiger partial charge in [-0.1, -0.05) is 30.3 Å². The summed E-state index contributed by atoms with van der Waals surface area (Å²) in [4.78, 5) is 10.5. The van der Waals surface area contributed by atoms with Crippen LogP contribution in [0.25, 0.3) is 0 Å². The lowest BCUT2D eigenvalue weighted by Crippen LogP contribution is -2.16. The normalized spacial score (nSPS) is 12.5. The van der Waals surface area contributed by atoms with Crippen molar-refractivity contribution in [2.75, 3.05) is 7.05 Å². The van der Waals surface area contributed by atoms with E-state index in [0.717, 1.165) is 11.8 Å². The molecule has 1 aromatic rings. The van der Waals surface area contributed by atoms with Gasteiger partial charge in [0, 0.05) is 0 Å². The molecule has 0 aliphatic carbocycles. The maximum atomic E-state index is 10.5. The Kier molecular flexibility index (Phi) is 2.81. The topological polar surface area (TPSA) is 29.1 Å². The molecular formula is C9H11NO. The molecule has 58 valence electrons. The molecule has 0 unspecified atom stereocenters. The molecule has 0 heterocycles. The van der Waals surface area contributed by atoms with E-state index in [1.807, 2.05) is 30.3 Å². The van der Waals surface area contributed by atoms with E-state index in [-0.39, 0.29) is 6.04 Å². The number of hydrogen-bond donors (Lipinski definition) is 1. The fourth-order valence-corrected chi connectivity index (χ4v) is 0.974. The Bertz CT molecular complexity index is 220. The Labute approximate surface area is 66.2 Å². The molecule has 0 spiro atoms. The number of carbonyl (C=O) groups excluding carboxylic acids is 1. The third-order valence-corrected chi connectivity index (χ3v) is 1.61. The highest BCUT2D eigenvalue weighted by molar-refractivity contribution is 5.61. The van der Waals surface area contributed by atoms with E-state index in [1.165, 1.54) is 0 Å². The van der Waals surface area contributed by atoms with Crippen LogP contribution in [0.3, 0.4) is 0 Å². The van der Waals surface area contributed by atoms with Gasteiger partial charge in [-0.3, -0.25) is 0 Å². The maximum Gasteiger partial charge on any atom is 0.141 e. The Morgan fingerprint density at radius 3 is 2.45 bits per heavy atom. The van der Waals surface area contributed by atoms with E-state index in [0.29, 0.717) is 0 Å². The summed E-state index contributed by atoms with van der Waals surface area (Å²) in [6, 6.07) is 9.45. The molecule has 2 nitrogen and oxygen atoms in total. The number of hydrogen-bond acceptors (Lipinski definition) is 2. The van der Waals surface area contributed by atoms with E-state index in [1.54, 1.807) is 7.05 Å².